The molecule has 38 heavy (non-hydrogen) atoms. The third kappa shape index (κ3) is 6.26. The number of hydrogen-bond donors (Lipinski definition) is 2. The number of carbonyl (C=O) groups is 2. The first-order valence-electron chi connectivity index (χ1n) is 12.2. The summed E-state index contributed by atoms with van der Waals surface area (Å²) < 4.78 is 44.0. The van der Waals surface area contributed by atoms with Crippen molar-refractivity contribution in [1.29, 1.82) is 0 Å². The standard InChI is InChI=1S/C25H28Cl2F3N5O3/c1-13(25(28,29)30)33-21(36)14-4-7-20(31-11-14)35-17-5-6-18(35)10-16(9-17)34-23(37)24(2,3)38-22-19(27)8-15(26)12-32-22/h4,7-8,11-13,16-18H,5-6,9-10H2,1-3H3,(H,33,36)(H,34,37)/t13-,16?,17?,18?/m0/s1. The number of piperidine rings is 1. The van der Waals surface area contributed by atoms with Gasteiger partial charge in [0.05, 0.1) is 10.6 Å². The van der Waals surface area contributed by atoms with E-state index in [1.54, 1.807) is 19.9 Å². The molecule has 4 rings (SSSR count). The number of rotatable bonds is 7. The summed E-state index contributed by atoms with van der Waals surface area (Å²) in [6, 6.07) is 2.81. The van der Waals surface area contributed by atoms with Crippen LogP contribution in [0.25, 0.3) is 0 Å². The smallest absolute Gasteiger partial charge is 0.408 e. The molecular weight excluding hydrogens is 546 g/mol. The molecule has 0 saturated carbocycles. The topological polar surface area (TPSA) is 96.5 Å². The van der Waals surface area contributed by atoms with Gasteiger partial charge in [0.25, 0.3) is 11.8 Å². The molecular formula is C25H28Cl2F3N5O3. The molecule has 0 aromatic carbocycles. The molecule has 13 heteroatoms. The molecule has 206 valence electrons. The number of aromatic nitrogens is 2. The van der Waals surface area contributed by atoms with E-state index in [4.69, 9.17) is 27.9 Å². The number of carbonyl (C=O) groups excluding carboxylic acids is 2. The van der Waals surface area contributed by atoms with E-state index in [0.717, 1.165) is 19.8 Å². The second kappa shape index (κ2) is 10.8. The molecule has 0 spiro atoms. The SMILES string of the molecule is C[C@H](NC(=O)c1ccc(N2C3CCC2CC(NC(=O)C(C)(C)Oc2ncc(Cl)cc2Cl)C3)nc1)C(F)(F)F. The van der Waals surface area contributed by atoms with Gasteiger partial charge in [0.15, 0.2) is 5.60 Å². The van der Waals surface area contributed by atoms with E-state index in [1.165, 1.54) is 24.5 Å². The van der Waals surface area contributed by atoms with Crippen LogP contribution >= 0.6 is 23.2 Å². The van der Waals surface area contributed by atoms with Crippen molar-refractivity contribution in [3.63, 3.8) is 0 Å². The Morgan fingerprint density at radius 2 is 1.76 bits per heavy atom. The van der Waals surface area contributed by atoms with Crippen LogP contribution in [0.15, 0.2) is 30.6 Å². The van der Waals surface area contributed by atoms with Crippen molar-refractivity contribution in [3.05, 3.63) is 46.2 Å². The van der Waals surface area contributed by atoms with Gasteiger partial charge in [-0.3, -0.25) is 9.59 Å². The first-order chi connectivity index (χ1) is 17.7. The van der Waals surface area contributed by atoms with Crippen LogP contribution in [0.5, 0.6) is 5.88 Å². The Hall–Kier alpha value is -2.79. The molecule has 2 aromatic heterocycles. The summed E-state index contributed by atoms with van der Waals surface area (Å²) in [6.07, 6.45) is 1.35. The van der Waals surface area contributed by atoms with Crippen molar-refractivity contribution < 1.29 is 27.5 Å². The highest BCUT2D eigenvalue weighted by molar-refractivity contribution is 6.35. The lowest BCUT2D eigenvalue weighted by molar-refractivity contribution is -0.149. The Labute approximate surface area is 228 Å². The Kier molecular flexibility index (Phi) is 7.99. The Morgan fingerprint density at radius 3 is 2.32 bits per heavy atom. The van der Waals surface area contributed by atoms with E-state index in [1.807, 2.05) is 5.32 Å². The lowest BCUT2D eigenvalue weighted by Crippen LogP contribution is -2.55. The van der Waals surface area contributed by atoms with Crippen molar-refractivity contribution in [2.24, 2.45) is 0 Å². The van der Waals surface area contributed by atoms with Gasteiger partial charge in [-0.1, -0.05) is 23.2 Å². The third-order valence-electron chi connectivity index (χ3n) is 6.85. The summed E-state index contributed by atoms with van der Waals surface area (Å²) >= 11 is 12.0. The van der Waals surface area contributed by atoms with Gasteiger partial charge in [-0.15, -0.1) is 0 Å². The predicted molar refractivity (Wildman–Crippen MR) is 137 cm³/mol. The predicted octanol–water partition coefficient (Wildman–Crippen LogP) is 4.94. The minimum atomic E-state index is -4.52. The summed E-state index contributed by atoms with van der Waals surface area (Å²) in [5.41, 5.74) is -1.18. The highest BCUT2D eigenvalue weighted by Crippen LogP contribution is 2.39. The molecule has 3 atom stereocenters. The lowest BCUT2D eigenvalue weighted by atomic mass is 9.96. The van der Waals surface area contributed by atoms with Crippen LogP contribution in [0.2, 0.25) is 10.0 Å². The molecule has 2 N–H and O–H groups in total. The minimum Gasteiger partial charge on any atom is -0.460 e. The van der Waals surface area contributed by atoms with E-state index >= 15 is 0 Å². The number of pyridine rings is 2. The summed E-state index contributed by atoms with van der Waals surface area (Å²) in [7, 11) is 0. The van der Waals surface area contributed by atoms with Crippen molar-refractivity contribution in [1.82, 2.24) is 20.6 Å². The summed E-state index contributed by atoms with van der Waals surface area (Å²) in [5.74, 6) is -0.375. The zero-order chi connectivity index (χ0) is 27.8. The van der Waals surface area contributed by atoms with Crippen LogP contribution in [-0.4, -0.2) is 57.7 Å². The number of fused-ring (bicyclic) bond motifs is 2. The highest BCUT2D eigenvalue weighted by atomic mass is 35.5. The molecule has 2 fully saturated rings. The van der Waals surface area contributed by atoms with Crippen LogP contribution in [0.1, 0.15) is 56.8 Å². The average Bonchev–Trinajstić information content (AvgIpc) is 3.10. The number of amides is 2. The van der Waals surface area contributed by atoms with Crippen LogP contribution < -0.4 is 20.3 Å². The number of nitrogens with one attached hydrogen (secondary N) is 2. The second-order valence-corrected chi connectivity index (χ2v) is 11.0. The fourth-order valence-electron chi connectivity index (χ4n) is 4.83. The second-order valence-electron chi connectivity index (χ2n) is 10.1. The molecule has 8 nitrogen and oxygen atoms in total. The summed E-state index contributed by atoms with van der Waals surface area (Å²) in [5, 5.41) is 5.58. The van der Waals surface area contributed by atoms with E-state index in [9.17, 15) is 22.8 Å². The molecule has 2 amide bonds. The molecule has 2 aliphatic heterocycles. The number of halogens is 5. The average molecular weight is 574 g/mol. The quantitative estimate of drug-likeness (QED) is 0.487. The molecule has 4 heterocycles. The van der Waals surface area contributed by atoms with Gasteiger partial charge in [-0.05, 0) is 64.7 Å². The normalized spacial score (nSPS) is 22.1. The van der Waals surface area contributed by atoms with E-state index in [-0.39, 0.29) is 40.5 Å². The lowest BCUT2D eigenvalue weighted by Gasteiger charge is -2.40. The maximum Gasteiger partial charge on any atom is 0.408 e. The minimum absolute atomic E-state index is 0.0526. The number of nitrogens with zero attached hydrogens (tertiary/aromatic N) is 3. The van der Waals surface area contributed by atoms with E-state index in [2.05, 4.69) is 20.2 Å². The first-order valence-corrected chi connectivity index (χ1v) is 12.9. The highest BCUT2D eigenvalue weighted by Gasteiger charge is 2.43. The largest absolute Gasteiger partial charge is 0.460 e. The van der Waals surface area contributed by atoms with Gasteiger partial charge >= 0.3 is 6.18 Å². The zero-order valence-corrected chi connectivity index (χ0v) is 22.5. The Bertz CT molecular complexity index is 1180. The molecule has 2 aromatic rings. The van der Waals surface area contributed by atoms with Crippen LogP contribution in [-0.2, 0) is 4.79 Å². The van der Waals surface area contributed by atoms with Gasteiger partial charge in [-0.2, -0.15) is 13.2 Å². The molecule has 0 radical (unpaired) electrons. The molecule has 2 bridgehead atoms. The van der Waals surface area contributed by atoms with Crippen LogP contribution in [0, 0.1) is 0 Å². The fraction of sp³-hybridized carbons (Fsp3) is 0.520. The van der Waals surface area contributed by atoms with Crippen LogP contribution in [0.3, 0.4) is 0 Å². The maximum atomic E-state index is 13.1. The van der Waals surface area contributed by atoms with Gasteiger partial charge in [0, 0.05) is 30.5 Å². The number of anilines is 1. The van der Waals surface area contributed by atoms with E-state index < -0.39 is 23.7 Å². The number of hydrogen-bond acceptors (Lipinski definition) is 6. The molecule has 0 aliphatic carbocycles. The third-order valence-corrected chi connectivity index (χ3v) is 7.33. The fourth-order valence-corrected chi connectivity index (χ4v) is 5.25. The number of ether oxygens (including phenoxy) is 1. The maximum absolute atomic E-state index is 13.1. The van der Waals surface area contributed by atoms with Gasteiger partial charge in [0.2, 0.25) is 5.88 Å². The number of alkyl halides is 3. The van der Waals surface area contributed by atoms with E-state index in [0.29, 0.717) is 23.7 Å². The molecule has 2 saturated heterocycles. The van der Waals surface area contributed by atoms with Crippen molar-refractivity contribution >= 4 is 40.8 Å². The summed E-state index contributed by atoms with van der Waals surface area (Å²) in [6.45, 7) is 4.16. The molecule has 2 unspecified atom stereocenters. The van der Waals surface area contributed by atoms with Crippen molar-refractivity contribution in [2.75, 3.05) is 4.90 Å². The summed E-state index contributed by atoms with van der Waals surface area (Å²) in [4.78, 5) is 35.8. The van der Waals surface area contributed by atoms with Crippen molar-refractivity contribution in [3.8, 4) is 5.88 Å². The van der Waals surface area contributed by atoms with Crippen molar-refractivity contribution in [2.45, 2.75) is 82.4 Å². The zero-order valence-electron chi connectivity index (χ0n) is 21.0. The Balaban J connectivity index is 1.36. The Morgan fingerprint density at radius 1 is 1.11 bits per heavy atom. The van der Waals surface area contributed by atoms with Crippen LogP contribution in [0.4, 0.5) is 19.0 Å². The first kappa shape index (κ1) is 28.2. The van der Waals surface area contributed by atoms with Gasteiger partial charge in [-0.25, -0.2) is 9.97 Å². The van der Waals surface area contributed by atoms with Gasteiger partial charge < -0.3 is 20.3 Å². The monoisotopic (exact) mass is 573 g/mol. The molecule has 2 aliphatic rings. The van der Waals surface area contributed by atoms with Gasteiger partial charge in [0.1, 0.15) is 16.9 Å².